The lowest BCUT2D eigenvalue weighted by Crippen LogP contribution is -2.25. The Labute approximate surface area is 197 Å². The fraction of sp³-hybridized carbons (Fsp3) is 0.231. The van der Waals surface area contributed by atoms with Crippen LogP contribution in [-0.2, 0) is 11.2 Å². The smallest absolute Gasteiger partial charge is 0.267 e. The molecular formula is C26H26N6O2. The lowest BCUT2D eigenvalue weighted by molar-refractivity contribution is -0.124. The van der Waals surface area contributed by atoms with Crippen LogP contribution < -0.4 is 5.48 Å². The van der Waals surface area contributed by atoms with Crippen molar-refractivity contribution >= 4 is 17.5 Å². The molecule has 1 saturated heterocycles. The largest absolute Gasteiger partial charge is 0.296 e. The number of nitrogens with one attached hydrogen (secondary N) is 1. The van der Waals surface area contributed by atoms with Crippen molar-refractivity contribution in [3.8, 4) is 11.4 Å². The molecule has 4 heterocycles. The Morgan fingerprint density at radius 3 is 2.85 bits per heavy atom. The van der Waals surface area contributed by atoms with Crippen LogP contribution in [0.4, 0.5) is 0 Å². The maximum atomic E-state index is 11.2. The lowest BCUT2D eigenvalue weighted by atomic mass is 10.0. The van der Waals surface area contributed by atoms with Crippen molar-refractivity contribution in [3.63, 3.8) is 0 Å². The number of carbonyl (C=O) groups excluding carboxylic acids is 1. The molecule has 1 aliphatic heterocycles. The van der Waals surface area contributed by atoms with E-state index in [1.807, 2.05) is 35.0 Å². The van der Waals surface area contributed by atoms with Crippen molar-refractivity contribution in [2.24, 2.45) is 0 Å². The van der Waals surface area contributed by atoms with Gasteiger partial charge in [0.25, 0.3) is 5.91 Å². The van der Waals surface area contributed by atoms with E-state index >= 15 is 0 Å². The highest BCUT2D eigenvalue weighted by Gasteiger charge is 2.26. The van der Waals surface area contributed by atoms with Crippen molar-refractivity contribution in [2.75, 3.05) is 13.1 Å². The van der Waals surface area contributed by atoms with Crippen LogP contribution in [0.1, 0.15) is 35.6 Å². The molecule has 0 unspecified atom stereocenters. The van der Waals surface area contributed by atoms with Crippen LogP contribution in [0.15, 0.2) is 73.3 Å². The summed E-state index contributed by atoms with van der Waals surface area (Å²) in [6.45, 7) is 1.98. The summed E-state index contributed by atoms with van der Waals surface area (Å²) in [7, 11) is 0. The average molecular weight is 455 g/mol. The van der Waals surface area contributed by atoms with Crippen LogP contribution in [0.2, 0.25) is 0 Å². The minimum atomic E-state index is -0.542. The molecule has 0 aliphatic carbocycles. The zero-order valence-corrected chi connectivity index (χ0v) is 18.7. The van der Waals surface area contributed by atoms with Gasteiger partial charge in [-0.25, -0.2) is 10.00 Å². The molecule has 1 fully saturated rings. The Morgan fingerprint density at radius 1 is 1.18 bits per heavy atom. The van der Waals surface area contributed by atoms with Crippen LogP contribution in [0, 0.1) is 0 Å². The maximum absolute atomic E-state index is 11.2. The normalized spacial score (nSPS) is 16.4. The summed E-state index contributed by atoms with van der Waals surface area (Å²) < 4.78 is 1.92. The number of amides is 1. The van der Waals surface area contributed by atoms with Gasteiger partial charge in [-0.2, -0.15) is 5.10 Å². The second-order valence-electron chi connectivity index (χ2n) is 8.37. The van der Waals surface area contributed by atoms with Crippen molar-refractivity contribution in [2.45, 2.75) is 25.3 Å². The van der Waals surface area contributed by atoms with Gasteiger partial charge in [0.1, 0.15) is 11.4 Å². The predicted molar refractivity (Wildman–Crippen MR) is 129 cm³/mol. The number of nitrogens with zero attached hydrogens (tertiary/aromatic N) is 5. The number of rotatable bonds is 7. The zero-order valence-electron chi connectivity index (χ0n) is 18.7. The summed E-state index contributed by atoms with van der Waals surface area (Å²) in [4.78, 5) is 22.5. The highest BCUT2D eigenvalue weighted by molar-refractivity contribution is 5.90. The molecule has 5 rings (SSSR count). The molecule has 8 heteroatoms. The van der Waals surface area contributed by atoms with Crippen LogP contribution in [-0.4, -0.2) is 48.7 Å². The van der Waals surface area contributed by atoms with E-state index in [2.05, 4.69) is 33.1 Å². The van der Waals surface area contributed by atoms with Gasteiger partial charge in [0.15, 0.2) is 0 Å². The number of carbonyl (C=O) groups is 1. The molecule has 1 amide bonds. The average Bonchev–Trinajstić information content (AvgIpc) is 3.51. The van der Waals surface area contributed by atoms with Gasteiger partial charge in [-0.05, 0) is 55.1 Å². The Bertz CT molecular complexity index is 1300. The molecule has 1 atom stereocenters. The van der Waals surface area contributed by atoms with E-state index in [0.29, 0.717) is 6.04 Å². The van der Waals surface area contributed by atoms with Crippen molar-refractivity contribution in [1.29, 1.82) is 0 Å². The molecular weight excluding hydrogens is 428 g/mol. The van der Waals surface area contributed by atoms with E-state index in [0.717, 1.165) is 54.8 Å². The molecule has 4 aromatic rings. The highest BCUT2D eigenvalue weighted by atomic mass is 16.5. The molecule has 172 valence electrons. The summed E-state index contributed by atoms with van der Waals surface area (Å²) in [6, 6.07) is 14.7. The van der Waals surface area contributed by atoms with Crippen molar-refractivity contribution < 1.29 is 10.0 Å². The summed E-state index contributed by atoms with van der Waals surface area (Å²) in [5.41, 5.74) is 7.75. The van der Waals surface area contributed by atoms with E-state index < -0.39 is 5.91 Å². The fourth-order valence-corrected chi connectivity index (χ4v) is 4.69. The predicted octanol–water partition coefficient (Wildman–Crippen LogP) is 3.69. The van der Waals surface area contributed by atoms with E-state index in [4.69, 9.17) is 10.3 Å². The van der Waals surface area contributed by atoms with Gasteiger partial charge in [0.05, 0.1) is 11.7 Å². The Balaban J connectivity index is 1.34. The monoisotopic (exact) mass is 454 g/mol. The van der Waals surface area contributed by atoms with Gasteiger partial charge in [0, 0.05) is 42.8 Å². The minimum absolute atomic E-state index is 0.362. The Kier molecular flexibility index (Phi) is 6.42. The Morgan fingerprint density at radius 2 is 2.06 bits per heavy atom. The first-order valence-electron chi connectivity index (χ1n) is 11.4. The number of benzene rings is 1. The Hall–Kier alpha value is -3.88. The second kappa shape index (κ2) is 9.94. The van der Waals surface area contributed by atoms with Crippen LogP contribution >= 0.6 is 0 Å². The molecule has 3 aromatic heterocycles. The molecule has 1 aromatic carbocycles. The van der Waals surface area contributed by atoms with Gasteiger partial charge in [-0.3, -0.25) is 24.9 Å². The molecule has 2 N–H and O–H groups in total. The van der Waals surface area contributed by atoms with Gasteiger partial charge in [0.2, 0.25) is 0 Å². The van der Waals surface area contributed by atoms with Gasteiger partial charge in [-0.15, -0.1) is 0 Å². The van der Waals surface area contributed by atoms with Gasteiger partial charge in [-0.1, -0.05) is 30.3 Å². The van der Waals surface area contributed by atoms with Crippen molar-refractivity contribution in [3.05, 3.63) is 90.0 Å². The van der Waals surface area contributed by atoms with Crippen molar-refractivity contribution in [1.82, 2.24) is 30.0 Å². The van der Waals surface area contributed by atoms with E-state index in [1.54, 1.807) is 30.1 Å². The topological polar surface area (TPSA) is 95.7 Å². The van der Waals surface area contributed by atoms with Crippen LogP contribution in [0.25, 0.3) is 23.0 Å². The van der Waals surface area contributed by atoms with Gasteiger partial charge < -0.3 is 0 Å². The number of pyridine rings is 1. The molecule has 8 nitrogen and oxygen atoms in total. The standard InChI is InChI=1S/C26H26N6O2/c33-25(30-34)11-8-19-6-9-20(10-7-19)23-5-3-15-31(23)17-12-21-24-4-1-2-16-32(24)29-26(21)22-18-27-13-14-28-22/h1-2,4,6-11,13-14,16,18,23,34H,3,5,12,15,17H2,(H,30,33)/t23-/m0/s1. The summed E-state index contributed by atoms with van der Waals surface area (Å²) >= 11 is 0. The maximum Gasteiger partial charge on any atom is 0.267 e. The first-order chi connectivity index (χ1) is 16.7. The molecule has 0 bridgehead atoms. The first kappa shape index (κ1) is 21.9. The number of fused-ring (bicyclic) bond motifs is 1. The number of likely N-dealkylation sites (tertiary alicyclic amines) is 1. The van der Waals surface area contributed by atoms with E-state index in [1.165, 1.54) is 17.2 Å². The number of hydrogen-bond donors (Lipinski definition) is 2. The second-order valence-corrected chi connectivity index (χ2v) is 8.37. The lowest BCUT2D eigenvalue weighted by Gasteiger charge is -2.25. The van der Waals surface area contributed by atoms with Crippen LogP contribution in [0.5, 0.6) is 0 Å². The molecule has 34 heavy (non-hydrogen) atoms. The third kappa shape index (κ3) is 4.59. The third-order valence-electron chi connectivity index (χ3n) is 6.32. The zero-order chi connectivity index (χ0) is 23.3. The molecule has 1 aliphatic rings. The summed E-state index contributed by atoms with van der Waals surface area (Å²) in [5.74, 6) is -0.542. The van der Waals surface area contributed by atoms with Crippen LogP contribution in [0.3, 0.4) is 0 Å². The fourth-order valence-electron chi connectivity index (χ4n) is 4.69. The minimum Gasteiger partial charge on any atom is -0.296 e. The van der Waals surface area contributed by atoms with E-state index in [-0.39, 0.29) is 0 Å². The number of hydrogen-bond acceptors (Lipinski definition) is 6. The quantitative estimate of drug-likeness (QED) is 0.251. The van der Waals surface area contributed by atoms with E-state index in [9.17, 15) is 4.79 Å². The number of aromatic nitrogens is 4. The van der Waals surface area contributed by atoms with Gasteiger partial charge >= 0.3 is 0 Å². The molecule has 0 spiro atoms. The number of hydroxylamine groups is 1. The molecule has 0 radical (unpaired) electrons. The SMILES string of the molecule is O=C(C=Cc1ccc([C@@H]2CCCN2CCc2c(-c3cnccn3)nn3ccccc23)cc1)NO. The first-order valence-corrected chi connectivity index (χ1v) is 11.4. The summed E-state index contributed by atoms with van der Waals surface area (Å²) in [5, 5.41) is 13.4. The highest BCUT2D eigenvalue weighted by Crippen LogP contribution is 2.33. The summed E-state index contributed by atoms with van der Waals surface area (Å²) in [6.07, 6.45) is 13.3. The molecule has 0 saturated carbocycles. The third-order valence-corrected chi connectivity index (χ3v) is 6.32.